The van der Waals surface area contributed by atoms with Crippen molar-refractivity contribution in [3.05, 3.63) is 83.9 Å². The van der Waals surface area contributed by atoms with Crippen LogP contribution < -0.4 is 5.32 Å². The Morgan fingerprint density at radius 3 is 2.55 bits per heavy atom. The van der Waals surface area contributed by atoms with E-state index in [9.17, 15) is 18.0 Å². The maximum Gasteiger partial charge on any atom is 0.342 e. The molecule has 1 aliphatic rings. The number of aromatic nitrogens is 2. The second kappa shape index (κ2) is 11.3. The van der Waals surface area contributed by atoms with Gasteiger partial charge in [-0.3, -0.25) is 4.79 Å². The van der Waals surface area contributed by atoms with Gasteiger partial charge in [-0.1, -0.05) is 30.3 Å². The van der Waals surface area contributed by atoms with Crippen molar-refractivity contribution in [1.29, 1.82) is 0 Å². The molecule has 0 atom stereocenters. The molecule has 1 fully saturated rings. The maximum absolute atomic E-state index is 13.0. The van der Waals surface area contributed by atoms with Crippen LogP contribution in [0.1, 0.15) is 10.4 Å². The SMILES string of the molecule is O=C(COC(=O)c1cn(-c2ccccc2)nc1-c1cccs1)Nc1cccc(S(=O)(=O)N2CCOCC2)c1. The molecule has 38 heavy (non-hydrogen) atoms. The largest absolute Gasteiger partial charge is 0.452 e. The summed E-state index contributed by atoms with van der Waals surface area (Å²) in [7, 11) is -3.72. The molecule has 0 bridgehead atoms. The zero-order chi connectivity index (χ0) is 26.5. The van der Waals surface area contributed by atoms with Gasteiger partial charge in [-0.15, -0.1) is 11.3 Å². The molecule has 0 saturated carbocycles. The average Bonchev–Trinajstić information content (AvgIpc) is 3.63. The highest BCUT2D eigenvalue weighted by molar-refractivity contribution is 7.89. The predicted octanol–water partition coefficient (Wildman–Crippen LogP) is 3.42. The quantitative estimate of drug-likeness (QED) is 0.333. The summed E-state index contributed by atoms with van der Waals surface area (Å²) in [5, 5.41) is 9.04. The van der Waals surface area contributed by atoms with Crippen molar-refractivity contribution in [2.24, 2.45) is 0 Å². The van der Waals surface area contributed by atoms with Crippen molar-refractivity contribution in [3.63, 3.8) is 0 Å². The Morgan fingerprint density at radius 2 is 1.82 bits per heavy atom. The van der Waals surface area contributed by atoms with Gasteiger partial charge in [-0.25, -0.2) is 17.9 Å². The Bertz CT molecular complexity index is 1530. The van der Waals surface area contributed by atoms with Gasteiger partial charge < -0.3 is 14.8 Å². The van der Waals surface area contributed by atoms with E-state index in [4.69, 9.17) is 9.47 Å². The van der Waals surface area contributed by atoms with Gasteiger partial charge in [0, 0.05) is 25.0 Å². The van der Waals surface area contributed by atoms with Gasteiger partial charge in [0.1, 0.15) is 11.3 Å². The van der Waals surface area contributed by atoms with Crippen molar-refractivity contribution in [2.75, 3.05) is 38.2 Å². The Kier molecular flexibility index (Phi) is 7.65. The fraction of sp³-hybridized carbons (Fsp3) is 0.192. The van der Waals surface area contributed by atoms with E-state index in [2.05, 4.69) is 10.4 Å². The third-order valence-electron chi connectivity index (χ3n) is 5.77. The number of sulfonamides is 1. The maximum atomic E-state index is 13.0. The number of carbonyl (C=O) groups excluding carboxylic acids is 2. The number of thiophene rings is 1. The minimum Gasteiger partial charge on any atom is -0.452 e. The number of nitrogens with one attached hydrogen (secondary N) is 1. The lowest BCUT2D eigenvalue weighted by molar-refractivity contribution is -0.119. The summed E-state index contributed by atoms with van der Waals surface area (Å²) < 4.78 is 39.3. The first kappa shape index (κ1) is 25.8. The van der Waals surface area contributed by atoms with E-state index in [1.807, 2.05) is 47.8 Å². The Labute approximate surface area is 223 Å². The minimum absolute atomic E-state index is 0.0584. The average molecular weight is 553 g/mol. The van der Waals surface area contributed by atoms with E-state index in [1.165, 1.54) is 27.8 Å². The molecular weight excluding hydrogens is 528 g/mol. The van der Waals surface area contributed by atoms with Crippen LogP contribution in [0.15, 0.2) is 83.2 Å². The predicted molar refractivity (Wildman–Crippen MR) is 142 cm³/mol. The van der Waals surface area contributed by atoms with Gasteiger partial charge in [0.25, 0.3) is 5.91 Å². The number of nitrogens with zero attached hydrogens (tertiary/aromatic N) is 3. The van der Waals surface area contributed by atoms with Crippen molar-refractivity contribution in [3.8, 4) is 16.3 Å². The summed E-state index contributed by atoms with van der Waals surface area (Å²) in [5.41, 5.74) is 1.73. The van der Waals surface area contributed by atoms with Crippen LogP contribution in [0.25, 0.3) is 16.3 Å². The van der Waals surface area contributed by atoms with Crippen LogP contribution >= 0.6 is 11.3 Å². The van der Waals surface area contributed by atoms with Crippen LogP contribution in [0.4, 0.5) is 5.69 Å². The second-order valence-corrected chi connectivity index (χ2v) is 11.2. The molecule has 1 amide bonds. The number of esters is 1. The number of rotatable bonds is 8. The molecule has 10 nitrogen and oxygen atoms in total. The zero-order valence-electron chi connectivity index (χ0n) is 20.1. The molecule has 0 aliphatic carbocycles. The van der Waals surface area contributed by atoms with Crippen LogP contribution in [-0.4, -0.2) is 67.3 Å². The number of hydrogen-bond acceptors (Lipinski definition) is 8. The summed E-state index contributed by atoms with van der Waals surface area (Å²) in [5.74, 6) is -1.30. The van der Waals surface area contributed by atoms with Crippen LogP contribution in [0.3, 0.4) is 0 Å². The lowest BCUT2D eigenvalue weighted by Gasteiger charge is -2.26. The molecule has 1 aliphatic heterocycles. The molecule has 12 heteroatoms. The third-order valence-corrected chi connectivity index (χ3v) is 8.54. The van der Waals surface area contributed by atoms with Crippen molar-refractivity contribution in [2.45, 2.75) is 4.90 Å². The third kappa shape index (κ3) is 5.68. The van der Waals surface area contributed by atoms with Gasteiger partial charge in [-0.05, 0) is 41.8 Å². The number of morpholine rings is 1. The minimum atomic E-state index is -3.72. The van der Waals surface area contributed by atoms with E-state index in [-0.39, 0.29) is 29.2 Å². The van der Waals surface area contributed by atoms with Crippen molar-refractivity contribution >= 4 is 38.9 Å². The lowest BCUT2D eigenvalue weighted by atomic mass is 10.2. The normalized spacial score (nSPS) is 14.2. The van der Waals surface area contributed by atoms with Gasteiger partial charge in [0.15, 0.2) is 6.61 Å². The van der Waals surface area contributed by atoms with Crippen molar-refractivity contribution < 1.29 is 27.5 Å². The van der Waals surface area contributed by atoms with Crippen LogP contribution in [0, 0.1) is 0 Å². The molecule has 1 N–H and O–H groups in total. The van der Waals surface area contributed by atoms with E-state index >= 15 is 0 Å². The highest BCUT2D eigenvalue weighted by Gasteiger charge is 2.27. The molecule has 5 rings (SSSR count). The molecule has 0 radical (unpaired) electrons. The highest BCUT2D eigenvalue weighted by Crippen LogP contribution is 2.28. The standard InChI is InChI=1S/C26H24N4O6S2/c31-24(27-19-6-4-9-21(16-19)38(33,34)29-11-13-35-14-12-29)18-36-26(32)22-17-30(20-7-2-1-3-8-20)28-25(22)23-10-5-15-37-23/h1-10,15-17H,11-14,18H2,(H,27,31). The molecule has 3 heterocycles. The number of amides is 1. The molecule has 4 aromatic rings. The number of para-hydroxylation sites is 1. The lowest BCUT2D eigenvalue weighted by Crippen LogP contribution is -2.40. The second-order valence-electron chi connectivity index (χ2n) is 8.32. The molecule has 0 spiro atoms. The Balaban J connectivity index is 1.27. The molecule has 2 aromatic heterocycles. The fourth-order valence-electron chi connectivity index (χ4n) is 3.91. The summed E-state index contributed by atoms with van der Waals surface area (Å²) in [4.78, 5) is 26.4. The summed E-state index contributed by atoms with van der Waals surface area (Å²) in [6.45, 7) is 0.644. The first-order valence-corrected chi connectivity index (χ1v) is 14.1. The zero-order valence-corrected chi connectivity index (χ0v) is 21.8. The van der Waals surface area contributed by atoms with E-state index < -0.39 is 28.5 Å². The van der Waals surface area contributed by atoms with Gasteiger partial charge in [-0.2, -0.15) is 9.40 Å². The first-order valence-electron chi connectivity index (χ1n) is 11.8. The highest BCUT2D eigenvalue weighted by atomic mass is 32.2. The van der Waals surface area contributed by atoms with Crippen LogP contribution in [0.2, 0.25) is 0 Å². The number of anilines is 1. The summed E-state index contributed by atoms with van der Waals surface area (Å²) in [6.07, 6.45) is 1.57. The molecule has 0 unspecified atom stereocenters. The van der Waals surface area contributed by atoms with Gasteiger partial charge in [0.05, 0.1) is 28.7 Å². The smallest absolute Gasteiger partial charge is 0.342 e. The Morgan fingerprint density at radius 1 is 1.03 bits per heavy atom. The van der Waals surface area contributed by atoms with Crippen LogP contribution in [-0.2, 0) is 24.3 Å². The number of benzene rings is 2. The van der Waals surface area contributed by atoms with E-state index in [1.54, 1.807) is 23.0 Å². The Hall–Kier alpha value is -3.84. The van der Waals surface area contributed by atoms with Crippen LogP contribution in [0.5, 0.6) is 0 Å². The summed E-state index contributed by atoms with van der Waals surface area (Å²) in [6, 6.07) is 19.0. The van der Waals surface area contributed by atoms with Crippen molar-refractivity contribution in [1.82, 2.24) is 14.1 Å². The topological polar surface area (TPSA) is 120 Å². The number of carbonyl (C=O) groups is 2. The first-order chi connectivity index (χ1) is 18.4. The molecular formula is C26H24N4O6S2. The summed E-state index contributed by atoms with van der Waals surface area (Å²) >= 11 is 1.43. The monoisotopic (exact) mass is 552 g/mol. The number of ether oxygens (including phenoxy) is 2. The van der Waals surface area contributed by atoms with E-state index in [0.717, 1.165) is 10.6 Å². The van der Waals surface area contributed by atoms with E-state index in [0.29, 0.717) is 18.9 Å². The fourth-order valence-corrected chi connectivity index (χ4v) is 6.09. The van der Waals surface area contributed by atoms with Gasteiger partial charge in [0.2, 0.25) is 10.0 Å². The molecule has 2 aromatic carbocycles. The molecule has 196 valence electrons. The van der Waals surface area contributed by atoms with Gasteiger partial charge >= 0.3 is 5.97 Å². The molecule has 1 saturated heterocycles. The number of hydrogen-bond donors (Lipinski definition) is 1.